The van der Waals surface area contributed by atoms with E-state index in [4.69, 9.17) is 9.15 Å². The van der Waals surface area contributed by atoms with Crippen LogP contribution in [0.5, 0.6) is 5.75 Å². The smallest absolute Gasteiger partial charge is 0.363 e. The van der Waals surface area contributed by atoms with Gasteiger partial charge in [0.25, 0.3) is 33.7 Å². The van der Waals surface area contributed by atoms with Crippen molar-refractivity contribution >= 4 is 99.8 Å². The van der Waals surface area contributed by atoms with Crippen LogP contribution in [-0.4, -0.2) is 118 Å². The van der Waals surface area contributed by atoms with Gasteiger partial charge in [-0.25, -0.2) is 12.8 Å². The number of imide groups is 2. The second-order valence-corrected chi connectivity index (χ2v) is 30.2. The van der Waals surface area contributed by atoms with E-state index in [1.165, 1.54) is 21.9 Å². The Bertz CT molecular complexity index is 5440. The van der Waals surface area contributed by atoms with E-state index in [1.54, 1.807) is 84.9 Å². The van der Waals surface area contributed by atoms with Crippen LogP contribution in [-0.2, 0) is 20.2 Å². The van der Waals surface area contributed by atoms with Crippen molar-refractivity contribution in [1.29, 1.82) is 0 Å². The maximum atomic E-state index is 13.5. The summed E-state index contributed by atoms with van der Waals surface area (Å²) in [4.78, 5) is 64.9. The van der Waals surface area contributed by atoms with E-state index in [1.807, 2.05) is 137 Å². The van der Waals surface area contributed by atoms with E-state index in [0.717, 1.165) is 95.2 Å². The normalized spacial score (nSPS) is 14.7. The predicted molar refractivity (Wildman–Crippen MR) is 415 cm³/mol. The van der Waals surface area contributed by atoms with Gasteiger partial charge in [0.05, 0.1) is 55.7 Å². The Hall–Kier alpha value is -11.0. The minimum atomic E-state index is -4.93. The van der Waals surface area contributed by atoms with E-state index >= 15 is 0 Å². The van der Waals surface area contributed by atoms with E-state index in [0.29, 0.717) is 117 Å². The molecule has 1 unspecified atom stereocenters. The van der Waals surface area contributed by atoms with E-state index < -0.39 is 26.3 Å². The molecule has 4 heterocycles. The molecule has 0 fully saturated rings. The van der Waals surface area contributed by atoms with Crippen LogP contribution in [0.4, 0.5) is 28.4 Å². The summed E-state index contributed by atoms with van der Waals surface area (Å²) in [6, 6.07) is 56.4. The quantitative estimate of drug-likeness (QED) is 0.0166. The minimum absolute atomic E-state index is 0.200. The molecule has 540 valence electrons. The van der Waals surface area contributed by atoms with Gasteiger partial charge in [0.1, 0.15) is 26.9 Å². The van der Waals surface area contributed by atoms with Gasteiger partial charge in [-0.15, -0.1) is 0 Å². The van der Waals surface area contributed by atoms with Crippen LogP contribution in [0, 0.1) is 27.7 Å². The Balaban J connectivity index is 0.698. The number of amides is 4. The molecule has 4 aliphatic rings. The van der Waals surface area contributed by atoms with Crippen LogP contribution < -0.4 is 24.3 Å². The van der Waals surface area contributed by atoms with Gasteiger partial charge in [-0.1, -0.05) is 116 Å². The number of carbonyl (C=O) groups excluding carboxylic acids is 4. The molecular formula is C86H82N6O12S2. The predicted octanol–water partition coefficient (Wildman–Crippen LogP) is 16.9. The van der Waals surface area contributed by atoms with E-state index in [-0.39, 0.29) is 52.1 Å². The summed E-state index contributed by atoms with van der Waals surface area (Å²) >= 11 is 0. The number of unbranched alkanes of at least 4 members (excludes halogenated alkanes) is 3. The number of ether oxygens (including phenoxy) is 1. The van der Waals surface area contributed by atoms with Gasteiger partial charge in [0, 0.05) is 120 Å². The molecule has 4 amide bonds. The summed E-state index contributed by atoms with van der Waals surface area (Å²) in [6.07, 6.45) is 9.74. The zero-order valence-electron chi connectivity index (χ0n) is 60.0. The van der Waals surface area contributed by atoms with Crippen molar-refractivity contribution in [2.75, 3.05) is 72.0 Å². The number of carbonyl (C=O) groups is 4. The van der Waals surface area contributed by atoms with Crippen LogP contribution in [0.2, 0.25) is 0 Å². The fourth-order valence-corrected chi connectivity index (χ4v) is 17.1. The second kappa shape index (κ2) is 29.8. The highest BCUT2D eigenvalue weighted by atomic mass is 32.2. The van der Waals surface area contributed by atoms with Crippen LogP contribution in [0.15, 0.2) is 232 Å². The van der Waals surface area contributed by atoms with Gasteiger partial charge in [0.15, 0.2) is 0 Å². The topological polar surface area (TPSA) is 220 Å². The van der Waals surface area contributed by atoms with Crippen molar-refractivity contribution in [3.63, 3.8) is 0 Å². The van der Waals surface area contributed by atoms with Crippen LogP contribution >= 0.6 is 0 Å². The Kier molecular flexibility index (Phi) is 20.3. The molecule has 0 radical (unpaired) electrons. The molecule has 3 aliphatic heterocycles. The summed E-state index contributed by atoms with van der Waals surface area (Å²) in [5.41, 5.74) is 15.1. The van der Waals surface area contributed by atoms with Crippen molar-refractivity contribution < 1.29 is 54.3 Å². The molecule has 1 N–H and O–H groups in total. The van der Waals surface area contributed by atoms with Gasteiger partial charge in [-0.2, -0.15) is 8.42 Å². The largest absolute Gasteiger partial charge is 0.744 e. The van der Waals surface area contributed by atoms with Gasteiger partial charge in [-0.3, -0.25) is 33.5 Å². The monoisotopic (exact) mass is 1450 g/mol. The number of fused-ring (bicyclic) bond motifs is 6. The van der Waals surface area contributed by atoms with Crippen LogP contribution in [0.1, 0.15) is 127 Å². The molecule has 0 saturated heterocycles. The molecule has 14 rings (SSSR count). The maximum absolute atomic E-state index is 13.5. The molecule has 1 aliphatic carbocycles. The molecule has 106 heavy (non-hydrogen) atoms. The van der Waals surface area contributed by atoms with Crippen molar-refractivity contribution in [2.24, 2.45) is 0 Å². The highest BCUT2D eigenvalue weighted by Gasteiger charge is 2.38. The van der Waals surface area contributed by atoms with Crippen molar-refractivity contribution in [3.05, 3.63) is 273 Å². The number of nitrogens with zero attached hydrogens (tertiary/aromatic N) is 6. The lowest BCUT2D eigenvalue weighted by atomic mass is 9.85. The lowest BCUT2D eigenvalue weighted by Gasteiger charge is -2.36. The molecule has 20 heteroatoms. The molecule has 9 aromatic carbocycles. The Morgan fingerprint density at radius 2 is 0.906 bits per heavy atom. The Morgan fingerprint density at radius 1 is 0.462 bits per heavy atom. The molecule has 18 nitrogen and oxygen atoms in total. The third-order valence-electron chi connectivity index (χ3n) is 20.8. The summed E-state index contributed by atoms with van der Waals surface area (Å²) in [6.45, 7) is 16.5. The molecule has 0 bridgehead atoms. The van der Waals surface area contributed by atoms with E-state index in [9.17, 15) is 45.1 Å². The van der Waals surface area contributed by atoms with Crippen molar-refractivity contribution in [3.8, 4) is 16.9 Å². The highest BCUT2D eigenvalue weighted by Crippen LogP contribution is 2.48. The fraction of sp³-hybridized carbons (Fsp3) is 0.244. The van der Waals surface area contributed by atoms with Gasteiger partial charge < -0.3 is 28.9 Å². The zero-order chi connectivity index (χ0) is 74.3. The SMILES string of the molecule is CCN(CCCCCCN(CC)c1ccc2c(-c3ccccc3S(=O)(=O)O)c3ccc(N(CCCN4C(=O)c5ccccc5C4=O)c4c(C)cccc4C)cc3[o+]c2c1)c1ccc2c(c1)OC1C=C(N(CCCN3C(=O)c4ccccc4C3=O)c3c(C)cccc3C)C=CC1=C2c1ccccc1S(=O)(=O)[O-]. The average molecular weight is 1460 g/mol. The first-order valence-corrected chi connectivity index (χ1v) is 39.0. The van der Waals surface area contributed by atoms with Gasteiger partial charge >= 0.3 is 11.2 Å². The standard InChI is InChI=1S/C86H82N6O12S2/c1-7-87(59-37-41-67-73(51-59)103-75-53-61(39-43-69(75)79(67)71-33-15-17-35-77(71)105(97,98)99)89(81-55(3)25-21-26-56(81)4)47-23-49-91-83(93)63-29-11-12-30-64(63)84(91)94)45-19-9-10-20-46-88(8-2)60-38-42-68-74(52-60)104-76-54-62(40-44-70(76)80(68)72-34-16-18-36-78(72)106(100,101)102)90(82-57(5)27-22-28-58(82)6)48-24-50-92-85(95)65-31-13-14-32-66(65)86(92)96/h11-18,21-22,25-44,51-54,75H,7-10,19-20,23-24,45-50H2,1-6H3,(H-,97,98,99,100,101,102). The molecule has 0 spiro atoms. The maximum Gasteiger partial charge on any atom is 0.363 e. The minimum Gasteiger partial charge on any atom is -0.744 e. The number of aryl methyl sites for hydroxylation is 4. The summed E-state index contributed by atoms with van der Waals surface area (Å²) < 4.78 is 90.2. The third kappa shape index (κ3) is 13.9. The van der Waals surface area contributed by atoms with Crippen LogP contribution in [0.25, 0.3) is 38.6 Å². The Morgan fingerprint density at radius 3 is 1.42 bits per heavy atom. The number of rotatable bonds is 27. The number of anilines is 5. The third-order valence-corrected chi connectivity index (χ3v) is 22.6. The van der Waals surface area contributed by atoms with Gasteiger partial charge in [0.2, 0.25) is 0 Å². The Labute approximate surface area is 618 Å². The zero-order valence-corrected chi connectivity index (χ0v) is 61.7. The fourth-order valence-electron chi connectivity index (χ4n) is 15.7. The summed E-state index contributed by atoms with van der Waals surface area (Å²) in [7, 11) is -9.62. The van der Waals surface area contributed by atoms with E-state index in [2.05, 4.69) is 33.4 Å². The number of allylic oxidation sites excluding steroid dienone is 1. The summed E-state index contributed by atoms with van der Waals surface area (Å²) in [5, 5.41) is 1.28. The van der Waals surface area contributed by atoms with Crippen molar-refractivity contribution in [1.82, 2.24) is 9.80 Å². The van der Waals surface area contributed by atoms with Crippen LogP contribution in [0.3, 0.4) is 0 Å². The number of hydrogen-bond donors (Lipinski definition) is 1. The first kappa shape index (κ1) is 71.9. The second-order valence-electron chi connectivity index (χ2n) is 27.4. The first-order chi connectivity index (χ1) is 51.1. The van der Waals surface area contributed by atoms with Crippen molar-refractivity contribution in [2.45, 2.75) is 96.0 Å². The molecule has 10 aromatic rings. The number of para-hydroxylation sites is 2. The highest BCUT2D eigenvalue weighted by molar-refractivity contribution is 7.86. The summed E-state index contributed by atoms with van der Waals surface area (Å²) in [5.74, 6) is -0.725. The molecule has 1 atom stereocenters. The van der Waals surface area contributed by atoms with Gasteiger partial charge in [-0.05, 0) is 174 Å². The number of benzene rings is 9. The molecular weight excluding hydrogens is 1370 g/mol. The average Bonchev–Trinajstić information content (AvgIpc) is 1.11. The first-order valence-electron chi connectivity index (χ1n) is 36.1. The number of hydrogen-bond acceptors (Lipinski definition) is 14. The molecule has 1 aromatic heterocycles. The molecule has 0 saturated carbocycles. The lowest BCUT2D eigenvalue weighted by Crippen LogP contribution is -2.35. The lowest BCUT2D eigenvalue weighted by molar-refractivity contribution is 0.0638.